The van der Waals surface area contributed by atoms with Crippen LogP contribution >= 0.6 is 11.6 Å². The van der Waals surface area contributed by atoms with Crippen molar-refractivity contribution in [2.75, 3.05) is 6.54 Å². The van der Waals surface area contributed by atoms with Crippen molar-refractivity contribution in [3.8, 4) is 0 Å². The maximum atomic E-state index is 12.7. The van der Waals surface area contributed by atoms with Gasteiger partial charge in [-0.05, 0) is 56.7 Å². The molecule has 0 bridgehead atoms. The molecule has 1 aromatic heterocycles. The van der Waals surface area contributed by atoms with Crippen LogP contribution in [0.25, 0.3) is 11.0 Å². The fourth-order valence-corrected chi connectivity index (χ4v) is 4.04. The summed E-state index contributed by atoms with van der Waals surface area (Å²) in [6.45, 7) is 6.27. The van der Waals surface area contributed by atoms with Crippen LogP contribution in [0, 0.1) is 0 Å². The highest BCUT2D eigenvalue weighted by molar-refractivity contribution is 7.89. The molecule has 0 spiro atoms. The molecule has 2 amide bonds. The molecular weight excluding hydrogens is 438 g/mol. The normalized spacial score (nSPS) is 12.1. The Morgan fingerprint density at radius 1 is 1.13 bits per heavy atom. The van der Waals surface area contributed by atoms with Gasteiger partial charge in [-0.3, -0.25) is 0 Å². The summed E-state index contributed by atoms with van der Waals surface area (Å²) in [5.41, 5.74) is 1.77. The fourth-order valence-electron chi connectivity index (χ4n) is 2.87. The van der Waals surface area contributed by atoms with Crippen LogP contribution in [0.3, 0.4) is 0 Å². The van der Waals surface area contributed by atoms with Gasteiger partial charge in [-0.1, -0.05) is 23.7 Å². The lowest BCUT2D eigenvalue weighted by Crippen LogP contribution is -2.46. The molecule has 0 radical (unpaired) electrons. The average Bonchev–Trinajstić information content (AvgIpc) is 3.08. The monoisotopic (exact) mass is 463 g/mol. The molecule has 3 rings (SSSR count). The number of amides is 2. The minimum Gasteiger partial charge on any atom is -0.342 e. The van der Waals surface area contributed by atoms with Gasteiger partial charge in [0.05, 0.1) is 15.9 Å². The highest BCUT2D eigenvalue weighted by atomic mass is 35.5. The second-order valence-electron chi connectivity index (χ2n) is 8.19. The van der Waals surface area contributed by atoms with Crippen LogP contribution in [0.4, 0.5) is 4.79 Å². The number of hydrogen-bond donors (Lipinski definition) is 4. The summed E-state index contributed by atoms with van der Waals surface area (Å²) in [6.07, 6.45) is 0.489. The molecule has 0 saturated carbocycles. The van der Waals surface area contributed by atoms with E-state index in [0.717, 1.165) is 5.56 Å². The van der Waals surface area contributed by atoms with E-state index in [1.165, 1.54) is 6.07 Å². The van der Waals surface area contributed by atoms with Crippen LogP contribution in [0.15, 0.2) is 47.4 Å². The van der Waals surface area contributed by atoms with E-state index < -0.39 is 10.0 Å². The molecule has 0 unspecified atom stereocenters. The summed E-state index contributed by atoms with van der Waals surface area (Å²) in [5.74, 6) is 0.662. The van der Waals surface area contributed by atoms with Crippen molar-refractivity contribution < 1.29 is 13.2 Å². The molecule has 3 aromatic rings. The summed E-state index contributed by atoms with van der Waals surface area (Å²) in [4.78, 5) is 19.5. The number of sulfonamides is 1. The molecule has 166 valence electrons. The number of fused-ring (bicyclic) bond motifs is 1. The topological polar surface area (TPSA) is 116 Å². The Hall–Kier alpha value is -2.62. The summed E-state index contributed by atoms with van der Waals surface area (Å²) < 4.78 is 27.9. The quantitative estimate of drug-likeness (QED) is 0.430. The van der Waals surface area contributed by atoms with Crippen molar-refractivity contribution in [3.63, 3.8) is 0 Å². The molecule has 0 aliphatic rings. The van der Waals surface area contributed by atoms with Gasteiger partial charge in [0.1, 0.15) is 5.82 Å². The third-order valence-electron chi connectivity index (χ3n) is 4.33. The molecule has 1 heterocycles. The van der Waals surface area contributed by atoms with Crippen LogP contribution in [0.1, 0.15) is 32.2 Å². The number of H-pyrrole nitrogens is 1. The summed E-state index contributed by atoms with van der Waals surface area (Å²) in [7, 11) is -3.69. The zero-order valence-corrected chi connectivity index (χ0v) is 19.2. The van der Waals surface area contributed by atoms with Gasteiger partial charge in [-0.2, -0.15) is 0 Å². The molecule has 10 heteroatoms. The molecule has 0 aliphatic heterocycles. The zero-order chi connectivity index (χ0) is 22.6. The number of hydrogen-bond acceptors (Lipinski definition) is 4. The first-order valence-corrected chi connectivity index (χ1v) is 11.7. The first-order chi connectivity index (χ1) is 14.5. The smallest absolute Gasteiger partial charge is 0.315 e. The number of aromatic nitrogens is 2. The van der Waals surface area contributed by atoms with Gasteiger partial charge in [0.25, 0.3) is 0 Å². The predicted molar refractivity (Wildman–Crippen MR) is 122 cm³/mol. The van der Waals surface area contributed by atoms with Gasteiger partial charge in [-0.25, -0.2) is 22.9 Å². The third kappa shape index (κ3) is 6.68. The Balaban J connectivity index is 1.63. The summed E-state index contributed by atoms with van der Waals surface area (Å²) >= 11 is 5.86. The SMILES string of the molecule is CC(C)(C)NC(=O)NCCc1nc2ccc(S(=O)(=O)NCc3ccc(Cl)cc3)cc2[nH]1. The maximum absolute atomic E-state index is 12.7. The fraction of sp³-hybridized carbons (Fsp3) is 0.333. The van der Waals surface area contributed by atoms with Crippen LogP contribution < -0.4 is 15.4 Å². The van der Waals surface area contributed by atoms with E-state index in [-0.39, 0.29) is 23.0 Å². The second-order valence-corrected chi connectivity index (χ2v) is 10.4. The van der Waals surface area contributed by atoms with Gasteiger partial charge in [0.2, 0.25) is 10.0 Å². The maximum Gasteiger partial charge on any atom is 0.315 e. The lowest BCUT2D eigenvalue weighted by atomic mass is 10.1. The number of nitrogens with zero attached hydrogens (tertiary/aromatic N) is 1. The largest absolute Gasteiger partial charge is 0.342 e. The standard InChI is InChI=1S/C21H26ClN5O3S/c1-21(2,3)27-20(28)23-11-10-19-25-17-9-8-16(12-18(17)26-19)31(29,30)24-13-14-4-6-15(22)7-5-14/h4-9,12,24H,10-11,13H2,1-3H3,(H,25,26)(H2,23,27,28). The number of aromatic amines is 1. The number of nitrogens with one attached hydrogen (secondary N) is 4. The van der Waals surface area contributed by atoms with E-state index in [9.17, 15) is 13.2 Å². The van der Waals surface area contributed by atoms with Crippen molar-refractivity contribution in [1.29, 1.82) is 0 Å². The Bertz CT molecular complexity index is 1170. The molecule has 0 saturated heterocycles. The van der Waals surface area contributed by atoms with Crippen LogP contribution in [-0.4, -0.2) is 36.5 Å². The molecule has 8 nitrogen and oxygen atoms in total. The van der Waals surface area contributed by atoms with Crippen molar-refractivity contribution in [2.24, 2.45) is 0 Å². The van der Waals surface area contributed by atoms with Crippen molar-refractivity contribution in [2.45, 2.75) is 44.2 Å². The van der Waals surface area contributed by atoms with E-state index in [1.807, 2.05) is 20.8 Å². The molecule has 0 aliphatic carbocycles. The van der Waals surface area contributed by atoms with Gasteiger partial charge < -0.3 is 15.6 Å². The Labute approximate surface area is 186 Å². The van der Waals surface area contributed by atoms with Gasteiger partial charge in [0, 0.05) is 30.1 Å². The second kappa shape index (κ2) is 9.25. The average molecular weight is 464 g/mol. The minimum absolute atomic E-state index is 0.145. The van der Waals surface area contributed by atoms with Crippen LogP contribution in [-0.2, 0) is 23.0 Å². The molecule has 31 heavy (non-hydrogen) atoms. The predicted octanol–water partition coefficient (Wildman–Crippen LogP) is 3.34. The lowest BCUT2D eigenvalue weighted by Gasteiger charge is -2.20. The number of imidazole rings is 1. The van der Waals surface area contributed by atoms with Crippen molar-refractivity contribution in [3.05, 3.63) is 58.9 Å². The highest BCUT2D eigenvalue weighted by Gasteiger charge is 2.16. The molecule has 0 atom stereocenters. The molecule has 4 N–H and O–H groups in total. The van der Waals surface area contributed by atoms with E-state index in [2.05, 4.69) is 25.3 Å². The van der Waals surface area contributed by atoms with Crippen molar-refractivity contribution >= 4 is 38.7 Å². The van der Waals surface area contributed by atoms with Crippen LogP contribution in [0.5, 0.6) is 0 Å². The number of urea groups is 1. The number of carbonyl (C=O) groups is 1. The zero-order valence-electron chi connectivity index (χ0n) is 17.6. The van der Waals surface area contributed by atoms with Gasteiger partial charge in [0.15, 0.2) is 0 Å². The Morgan fingerprint density at radius 3 is 2.52 bits per heavy atom. The van der Waals surface area contributed by atoms with E-state index in [0.29, 0.717) is 34.8 Å². The molecular formula is C21H26ClN5O3S. The number of carbonyl (C=O) groups excluding carboxylic acids is 1. The third-order valence-corrected chi connectivity index (χ3v) is 5.98. The highest BCUT2D eigenvalue weighted by Crippen LogP contribution is 2.18. The summed E-state index contributed by atoms with van der Waals surface area (Å²) in [5, 5.41) is 6.20. The van der Waals surface area contributed by atoms with E-state index in [1.54, 1.807) is 36.4 Å². The molecule has 2 aromatic carbocycles. The summed E-state index contributed by atoms with van der Waals surface area (Å²) in [6, 6.07) is 11.4. The number of benzene rings is 2. The van der Waals surface area contributed by atoms with Gasteiger partial charge in [-0.15, -0.1) is 0 Å². The molecule has 0 fully saturated rings. The minimum atomic E-state index is -3.69. The number of rotatable bonds is 7. The first-order valence-electron chi connectivity index (χ1n) is 9.81. The van der Waals surface area contributed by atoms with E-state index >= 15 is 0 Å². The first kappa shape index (κ1) is 23.1. The van der Waals surface area contributed by atoms with Gasteiger partial charge >= 0.3 is 6.03 Å². The lowest BCUT2D eigenvalue weighted by molar-refractivity contribution is 0.232. The Kier molecular flexibility index (Phi) is 6.88. The van der Waals surface area contributed by atoms with E-state index in [4.69, 9.17) is 11.6 Å². The Morgan fingerprint density at radius 2 is 1.84 bits per heavy atom. The van der Waals surface area contributed by atoms with Crippen LogP contribution in [0.2, 0.25) is 5.02 Å². The van der Waals surface area contributed by atoms with Crippen molar-refractivity contribution in [1.82, 2.24) is 25.3 Å². The number of halogens is 1.